The Bertz CT molecular complexity index is 751. The Kier molecular flexibility index (Phi) is 5.06. The molecule has 3 aromatic rings. The van der Waals surface area contributed by atoms with Gasteiger partial charge in [-0.25, -0.2) is 0 Å². The predicted octanol–water partition coefficient (Wildman–Crippen LogP) is 6.16. The van der Waals surface area contributed by atoms with Crippen molar-refractivity contribution in [2.24, 2.45) is 0 Å². The van der Waals surface area contributed by atoms with E-state index in [1.54, 1.807) is 24.3 Å². The van der Waals surface area contributed by atoms with Crippen LogP contribution in [0.2, 0.25) is 10.0 Å². The first-order valence-corrected chi connectivity index (χ1v) is 7.78. The van der Waals surface area contributed by atoms with Crippen LogP contribution in [0, 0.1) is 6.07 Å². The van der Waals surface area contributed by atoms with E-state index in [9.17, 15) is 0 Å². The molecule has 0 saturated heterocycles. The average Bonchev–Trinajstić information content (AvgIpc) is 2.56. The van der Waals surface area contributed by atoms with Crippen LogP contribution in [0.15, 0.2) is 66.7 Å². The summed E-state index contributed by atoms with van der Waals surface area (Å²) >= 11 is 12.5. The van der Waals surface area contributed by atoms with E-state index in [1.165, 1.54) is 0 Å². The highest BCUT2D eigenvalue weighted by Gasteiger charge is 2.11. The summed E-state index contributed by atoms with van der Waals surface area (Å²) in [5, 5.41) is 0.817. The summed E-state index contributed by atoms with van der Waals surface area (Å²) in [6.45, 7) is 0.398. The van der Waals surface area contributed by atoms with E-state index in [4.69, 9.17) is 32.7 Å². The molecule has 0 aliphatic rings. The van der Waals surface area contributed by atoms with Gasteiger partial charge in [0.1, 0.15) is 18.1 Å². The second-order valence-corrected chi connectivity index (χ2v) is 5.64. The predicted molar refractivity (Wildman–Crippen MR) is 92.6 cm³/mol. The van der Waals surface area contributed by atoms with Crippen LogP contribution in [0.4, 0.5) is 0 Å². The quantitative estimate of drug-likeness (QED) is 0.551. The molecule has 0 amide bonds. The van der Waals surface area contributed by atoms with Crippen LogP contribution in [0.3, 0.4) is 0 Å². The second-order valence-electron chi connectivity index (χ2n) is 4.83. The lowest BCUT2D eigenvalue weighted by molar-refractivity contribution is 0.306. The Morgan fingerprint density at radius 3 is 2.13 bits per heavy atom. The van der Waals surface area contributed by atoms with Gasteiger partial charge in [0.15, 0.2) is 5.75 Å². The van der Waals surface area contributed by atoms with Crippen molar-refractivity contribution in [3.63, 3.8) is 0 Å². The smallest absolute Gasteiger partial charge is 0.157 e. The fourth-order valence-electron chi connectivity index (χ4n) is 2.04. The Balaban J connectivity index is 1.75. The number of benzene rings is 3. The maximum absolute atomic E-state index is 6.27. The van der Waals surface area contributed by atoms with Crippen molar-refractivity contribution < 1.29 is 9.47 Å². The summed E-state index contributed by atoms with van der Waals surface area (Å²) < 4.78 is 11.4. The molecule has 0 bridgehead atoms. The first kappa shape index (κ1) is 15.7. The minimum Gasteiger partial charge on any atom is -0.486 e. The fourth-order valence-corrected chi connectivity index (χ4v) is 2.62. The van der Waals surface area contributed by atoms with E-state index in [0.29, 0.717) is 33.9 Å². The molecule has 1 radical (unpaired) electrons. The van der Waals surface area contributed by atoms with Crippen LogP contribution < -0.4 is 9.47 Å². The van der Waals surface area contributed by atoms with E-state index < -0.39 is 0 Å². The van der Waals surface area contributed by atoms with Gasteiger partial charge in [-0.15, -0.1) is 0 Å². The lowest BCUT2D eigenvalue weighted by Crippen LogP contribution is -1.97. The molecule has 0 unspecified atom stereocenters. The zero-order valence-electron chi connectivity index (χ0n) is 12.1. The Morgan fingerprint density at radius 2 is 1.48 bits per heavy atom. The lowest BCUT2D eigenvalue weighted by atomic mass is 10.2. The number of rotatable bonds is 5. The van der Waals surface area contributed by atoms with Gasteiger partial charge in [-0.05, 0) is 23.8 Å². The minimum absolute atomic E-state index is 0.398. The molecule has 0 saturated carbocycles. The summed E-state index contributed by atoms with van der Waals surface area (Å²) in [7, 11) is 0. The van der Waals surface area contributed by atoms with Gasteiger partial charge < -0.3 is 9.47 Å². The first-order valence-electron chi connectivity index (χ1n) is 7.02. The molecule has 0 spiro atoms. The van der Waals surface area contributed by atoms with Crippen LogP contribution in [-0.2, 0) is 6.61 Å². The zero-order chi connectivity index (χ0) is 16.1. The molecule has 3 aromatic carbocycles. The van der Waals surface area contributed by atoms with Gasteiger partial charge in [-0.1, -0.05) is 65.7 Å². The van der Waals surface area contributed by atoms with Gasteiger partial charge in [0.25, 0.3) is 0 Å². The second kappa shape index (κ2) is 7.40. The van der Waals surface area contributed by atoms with Gasteiger partial charge in [-0.3, -0.25) is 0 Å². The van der Waals surface area contributed by atoms with Gasteiger partial charge in [0, 0.05) is 12.1 Å². The third-order valence-electron chi connectivity index (χ3n) is 3.12. The Labute approximate surface area is 145 Å². The van der Waals surface area contributed by atoms with Crippen LogP contribution in [0.1, 0.15) is 5.56 Å². The van der Waals surface area contributed by atoms with E-state index in [1.807, 2.05) is 42.5 Å². The van der Waals surface area contributed by atoms with Crippen LogP contribution in [0.5, 0.6) is 17.2 Å². The summed E-state index contributed by atoms with van der Waals surface area (Å²) in [5.74, 6) is 1.69. The number of hydrogen-bond acceptors (Lipinski definition) is 2. The van der Waals surface area contributed by atoms with Crippen molar-refractivity contribution in [2.75, 3.05) is 0 Å². The highest BCUT2D eigenvalue weighted by Crippen LogP contribution is 2.38. The average molecular weight is 344 g/mol. The van der Waals surface area contributed by atoms with Crippen LogP contribution in [0.25, 0.3) is 0 Å². The monoisotopic (exact) mass is 343 g/mol. The van der Waals surface area contributed by atoms with E-state index in [-0.39, 0.29) is 0 Å². The molecule has 0 fully saturated rings. The number of halogens is 2. The molecule has 0 aromatic heterocycles. The zero-order valence-corrected chi connectivity index (χ0v) is 13.6. The maximum Gasteiger partial charge on any atom is 0.157 e. The highest BCUT2D eigenvalue weighted by atomic mass is 35.5. The van der Waals surface area contributed by atoms with Gasteiger partial charge in [-0.2, -0.15) is 0 Å². The highest BCUT2D eigenvalue weighted by molar-refractivity contribution is 6.37. The number of hydrogen-bond donors (Lipinski definition) is 0. The largest absolute Gasteiger partial charge is 0.486 e. The van der Waals surface area contributed by atoms with Crippen LogP contribution >= 0.6 is 23.2 Å². The van der Waals surface area contributed by atoms with Gasteiger partial charge in [0.2, 0.25) is 0 Å². The molecular weight excluding hydrogens is 331 g/mol. The first-order chi connectivity index (χ1) is 11.2. The fraction of sp³-hybridized carbons (Fsp3) is 0.0526. The maximum atomic E-state index is 6.27. The molecule has 3 rings (SSSR count). The van der Waals surface area contributed by atoms with Crippen molar-refractivity contribution in [2.45, 2.75) is 6.61 Å². The van der Waals surface area contributed by atoms with Crippen molar-refractivity contribution in [1.82, 2.24) is 0 Å². The lowest BCUT2D eigenvalue weighted by Gasteiger charge is -2.12. The van der Waals surface area contributed by atoms with Crippen molar-refractivity contribution in [3.05, 3.63) is 88.4 Å². The molecule has 115 valence electrons. The summed E-state index contributed by atoms with van der Waals surface area (Å²) in [6, 6.07) is 23.3. The van der Waals surface area contributed by atoms with Crippen molar-refractivity contribution in [3.8, 4) is 17.2 Å². The molecule has 0 atom stereocenters. The summed E-state index contributed by atoms with van der Waals surface area (Å²) in [6.07, 6.45) is 0. The SMILES string of the molecule is Clc1cc(Oc2cc[c]cc2)cc(Cl)c1OCc1ccccc1. The third kappa shape index (κ3) is 4.19. The molecule has 0 heterocycles. The molecule has 4 heteroatoms. The normalized spacial score (nSPS) is 10.3. The molecule has 0 aliphatic heterocycles. The molecule has 2 nitrogen and oxygen atoms in total. The van der Waals surface area contributed by atoms with E-state index in [2.05, 4.69) is 6.07 Å². The topological polar surface area (TPSA) is 18.5 Å². The molecule has 23 heavy (non-hydrogen) atoms. The summed E-state index contributed by atoms with van der Waals surface area (Å²) in [5.41, 5.74) is 1.04. The molecule has 0 N–H and O–H groups in total. The van der Waals surface area contributed by atoms with Crippen molar-refractivity contribution >= 4 is 23.2 Å². The molecule has 0 aliphatic carbocycles. The Morgan fingerprint density at radius 1 is 0.826 bits per heavy atom. The Hall–Kier alpha value is -2.16. The minimum atomic E-state index is 0.398. The van der Waals surface area contributed by atoms with E-state index in [0.717, 1.165) is 5.56 Å². The summed E-state index contributed by atoms with van der Waals surface area (Å²) in [4.78, 5) is 0. The van der Waals surface area contributed by atoms with Crippen molar-refractivity contribution in [1.29, 1.82) is 0 Å². The molecular formula is C19H13Cl2O2. The third-order valence-corrected chi connectivity index (χ3v) is 3.68. The van der Waals surface area contributed by atoms with Crippen LogP contribution in [-0.4, -0.2) is 0 Å². The standard InChI is InChI=1S/C19H13Cl2O2/c20-17-11-16(23-15-9-5-2-6-10-15)12-18(21)19(17)22-13-14-7-3-1-4-8-14/h1,3-12H,13H2. The number of ether oxygens (including phenoxy) is 2. The van der Waals surface area contributed by atoms with E-state index >= 15 is 0 Å². The van der Waals surface area contributed by atoms with Gasteiger partial charge >= 0.3 is 0 Å². The van der Waals surface area contributed by atoms with Gasteiger partial charge in [0.05, 0.1) is 10.0 Å².